The van der Waals surface area contributed by atoms with Crippen LogP contribution in [0.4, 0.5) is 0 Å². The van der Waals surface area contributed by atoms with Crippen molar-refractivity contribution in [3.05, 3.63) is 36.0 Å². The minimum absolute atomic E-state index is 0.114. The first kappa shape index (κ1) is 18.2. The monoisotopic (exact) mass is 374 g/mol. The molecule has 8 nitrogen and oxygen atoms in total. The highest BCUT2D eigenvalue weighted by Gasteiger charge is 2.46. The van der Waals surface area contributed by atoms with Crippen LogP contribution in [-0.2, 0) is 24.4 Å². The lowest BCUT2D eigenvalue weighted by Crippen LogP contribution is -3.20. The van der Waals surface area contributed by atoms with Gasteiger partial charge in [0, 0.05) is 12.8 Å². The molecule has 0 radical (unpaired) electrons. The number of nitrogens with one attached hydrogen (secondary N) is 3. The van der Waals surface area contributed by atoms with Crippen LogP contribution >= 0.6 is 0 Å². The van der Waals surface area contributed by atoms with Gasteiger partial charge in [-0.3, -0.25) is 4.79 Å². The second kappa shape index (κ2) is 7.82. The molecule has 0 aromatic carbocycles. The number of hydrogen-bond donors (Lipinski definition) is 3. The molecule has 5 heterocycles. The summed E-state index contributed by atoms with van der Waals surface area (Å²) in [6, 6.07) is 4.27. The molecule has 3 N–H and O–H groups in total. The number of amides is 1. The quantitative estimate of drug-likeness (QED) is 0.530. The fourth-order valence-corrected chi connectivity index (χ4v) is 4.63. The molecule has 2 aromatic rings. The summed E-state index contributed by atoms with van der Waals surface area (Å²) in [5.41, 5.74) is 1.04. The molecule has 4 atom stereocenters. The standard InChI is InChI=1S/C19H28N6O2/c1-23(2)10-15-11-25(22-21-15)12-16-8-14-5-6-24(16)13-18(14)19(26)20-9-17-4-3-7-27-17/h3-4,7,11,14,16,18H,5-6,8-10,12-13H2,1-2H3,(H,20,26)/p+2/t14-,16+,18-/m0/s1. The Balaban J connectivity index is 1.31. The molecule has 3 saturated heterocycles. The molecular formula is C19H30N6O2+2. The van der Waals surface area contributed by atoms with Crippen molar-refractivity contribution in [3.63, 3.8) is 0 Å². The topological polar surface area (TPSA) is 81.8 Å². The van der Waals surface area contributed by atoms with Crippen molar-refractivity contribution < 1.29 is 19.0 Å². The van der Waals surface area contributed by atoms with Gasteiger partial charge in [-0.15, -0.1) is 5.10 Å². The van der Waals surface area contributed by atoms with E-state index in [4.69, 9.17) is 4.42 Å². The summed E-state index contributed by atoms with van der Waals surface area (Å²) in [6.45, 7) is 4.33. The van der Waals surface area contributed by atoms with Gasteiger partial charge in [0.25, 0.3) is 0 Å². The van der Waals surface area contributed by atoms with Crippen molar-refractivity contribution in [2.45, 2.75) is 38.5 Å². The number of furan rings is 1. The minimum atomic E-state index is 0.114. The van der Waals surface area contributed by atoms with Gasteiger partial charge >= 0.3 is 0 Å². The molecule has 27 heavy (non-hydrogen) atoms. The van der Waals surface area contributed by atoms with Crippen LogP contribution in [0.3, 0.4) is 0 Å². The fraction of sp³-hybridized carbons (Fsp3) is 0.632. The zero-order valence-corrected chi connectivity index (χ0v) is 16.1. The molecule has 3 aliphatic rings. The highest BCUT2D eigenvalue weighted by Crippen LogP contribution is 2.27. The molecule has 3 fully saturated rings. The van der Waals surface area contributed by atoms with E-state index >= 15 is 0 Å². The normalized spacial score (nSPS) is 27.2. The van der Waals surface area contributed by atoms with Crippen molar-refractivity contribution in [1.82, 2.24) is 20.3 Å². The zero-order chi connectivity index (χ0) is 18.8. The van der Waals surface area contributed by atoms with E-state index in [0.29, 0.717) is 18.5 Å². The molecule has 1 amide bonds. The number of quaternary nitrogens is 2. The van der Waals surface area contributed by atoms with E-state index in [9.17, 15) is 4.79 Å². The Hall–Kier alpha value is -2.19. The SMILES string of the molecule is C[NH+](C)Cc1cn(C[C@H]2C[C@@H]3CC[NH+]2C[C@@H]3C(=O)NCc2ccco2)nn1. The Morgan fingerprint density at radius 1 is 1.48 bits per heavy atom. The molecule has 5 rings (SSSR count). The number of piperidine rings is 3. The highest BCUT2D eigenvalue weighted by atomic mass is 16.3. The van der Waals surface area contributed by atoms with Crippen molar-refractivity contribution in [2.75, 3.05) is 27.2 Å². The van der Waals surface area contributed by atoms with Gasteiger partial charge in [-0.25, -0.2) is 4.68 Å². The van der Waals surface area contributed by atoms with Crippen LogP contribution in [0.2, 0.25) is 0 Å². The van der Waals surface area contributed by atoms with E-state index in [1.165, 1.54) is 9.80 Å². The Morgan fingerprint density at radius 2 is 2.37 bits per heavy atom. The lowest BCUT2D eigenvalue weighted by atomic mass is 9.75. The lowest BCUT2D eigenvalue weighted by Gasteiger charge is -2.46. The largest absolute Gasteiger partial charge is 0.467 e. The van der Waals surface area contributed by atoms with E-state index in [2.05, 4.69) is 35.9 Å². The van der Waals surface area contributed by atoms with Gasteiger partial charge in [-0.05, 0) is 18.1 Å². The van der Waals surface area contributed by atoms with E-state index in [0.717, 1.165) is 50.5 Å². The van der Waals surface area contributed by atoms with Crippen LogP contribution < -0.4 is 15.1 Å². The van der Waals surface area contributed by atoms with E-state index in [1.807, 2.05) is 16.8 Å². The summed E-state index contributed by atoms with van der Waals surface area (Å²) in [5, 5.41) is 11.6. The number of hydrogen-bond acceptors (Lipinski definition) is 4. The lowest BCUT2D eigenvalue weighted by molar-refractivity contribution is -0.945. The summed E-state index contributed by atoms with van der Waals surface area (Å²) < 4.78 is 7.29. The Bertz CT molecular complexity index is 756. The second-order valence-corrected chi connectivity index (χ2v) is 8.31. The average molecular weight is 374 g/mol. The first-order chi connectivity index (χ1) is 13.1. The van der Waals surface area contributed by atoms with Gasteiger partial charge < -0.3 is 19.5 Å². The van der Waals surface area contributed by atoms with Crippen LogP contribution in [0.15, 0.2) is 29.0 Å². The van der Waals surface area contributed by atoms with Gasteiger partial charge in [0.05, 0.1) is 58.7 Å². The Kier molecular flexibility index (Phi) is 5.27. The maximum atomic E-state index is 12.7. The Morgan fingerprint density at radius 3 is 3.07 bits per heavy atom. The smallest absolute Gasteiger partial charge is 0.229 e. The van der Waals surface area contributed by atoms with Crippen LogP contribution in [0.5, 0.6) is 0 Å². The predicted molar refractivity (Wildman–Crippen MR) is 97.8 cm³/mol. The average Bonchev–Trinajstić information content (AvgIpc) is 3.32. The maximum Gasteiger partial charge on any atom is 0.229 e. The van der Waals surface area contributed by atoms with Crippen molar-refractivity contribution in [1.29, 1.82) is 0 Å². The van der Waals surface area contributed by atoms with E-state index in [1.54, 1.807) is 6.26 Å². The molecule has 146 valence electrons. The predicted octanol–water partition coefficient (Wildman–Crippen LogP) is -1.87. The first-order valence-corrected chi connectivity index (χ1v) is 9.91. The van der Waals surface area contributed by atoms with Crippen LogP contribution in [0, 0.1) is 11.8 Å². The summed E-state index contributed by atoms with van der Waals surface area (Å²) in [7, 11) is 4.23. The third-order valence-corrected chi connectivity index (χ3v) is 5.93. The number of carbonyl (C=O) groups excluding carboxylic acids is 1. The summed E-state index contributed by atoms with van der Waals surface area (Å²) in [4.78, 5) is 15.5. The van der Waals surface area contributed by atoms with Gasteiger partial charge in [0.2, 0.25) is 5.91 Å². The van der Waals surface area contributed by atoms with Gasteiger partial charge in [-0.1, -0.05) is 5.21 Å². The first-order valence-electron chi connectivity index (χ1n) is 9.91. The molecule has 0 aliphatic carbocycles. The number of nitrogens with zero attached hydrogens (tertiary/aromatic N) is 3. The summed E-state index contributed by atoms with van der Waals surface area (Å²) in [6.07, 6.45) is 5.93. The van der Waals surface area contributed by atoms with Crippen LogP contribution in [-0.4, -0.2) is 54.1 Å². The fourth-order valence-electron chi connectivity index (χ4n) is 4.63. The number of rotatable bonds is 7. The number of aromatic nitrogens is 3. The van der Waals surface area contributed by atoms with E-state index in [-0.39, 0.29) is 11.8 Å². The second-order valence-electron chi connectivity index (χ2n) is 8.31. The molecule has 2 aromatic heterocycles. The third-order valence-electron chi connectivity index (χ3n) is 5.93. The maximum absolute atomic E-state index is 12.7. The molecule has 3 aliphatic heterocycles. The number of carbonyl (C=O) groups is 1. The van der Waals surface area contributed by atoms with Crippen LogP contribution in [0.1, 0.15) is 24.3 Å². The zero-order valence-electron chi connectivity index (χ0n) is 16.1. The summed E-state index contributed by atoms with van der Waals surface area (Å²) in [5.74, 6) is 1.56. The van der Waals surface area contributed by atoms with Gasteiger partial charge in [0.1, 0.15) is 24.0 Å². The molecule has 2 bridgehead atoms. The van der Waals surface area contributed by atoms with E-state index < -0.39 is 0 Å². The third kappa shape index (κ3) is 4.22. The van der Waals surface area contributed by atoms with Crippen molar-refractivity contribution >= 4 is 5.91 Å². The molecular weight excluding hydrogens is 344 g/mol. The molecule has 0 saturated carbocycles. The van der Waals surface area contributed by atoms with Gasteiger partial charge in [0.15, 0.2) is 0 Å². The van der Waals surface area contributed by atoms with Crippen LogP contribution in [0.25, 0.3) is 0 Å². The van der Waals surface area contributed by atoms with Gasteiger partial charge in [-0.2, -0.15) is 0 Å². The number of fused-ring (bicyclic) bond motifs is 3. The highest BCUT2D eigenvalue weighted by molar-refractivity contribution is 5.79. The van der Waals surface area contributed by atoms with Crippen molar-refractivity contribution in [3.8, 4) is 0 Å². The minimum Gasteiger partial charge on any atom is -0.467 e. The van der Waals surface area contributed by atoms with Crippen molar-refractivity contribution in [2.24, 2.45) is 11.8 Å². The molecule has 8 heteroatoms. The molecule has 1 unspecified atom stereocenters. The molecule has 0 spiro atoms. The summed E-state index contributed by atoms with van der Waals surface area (Å²) >= 11 is 0. The Labute approximate surface area is 159 Å².